The monoisotopic (exact) mass is 337 g/mol. The summed E-state index contributed by atoms with van der Waals surface area (Å²) in [4.78, 5) is 37.5. The average molecular weight is 337 g/mol. The first-order valence-corrected chi connectivity index (χ1v) is 8.32. The highest BCUT2D eigenvalue weighted by Gasteiger charge is 2.32. The number of carbonyl (C=O) groups is 3. The van der Waals surface area contributed by atoms with Gasteiger partial charge in [0, 0.05) is 13.0 Å². The van der Waals surface area contributed by atoms with E-state index in [0.29, 0.717) is 25.8 Å². The molecule has 0 spiro atoms. The summed E-state index contributed by atoms with van der Waals surface area (Å²) in [5, 5.41) is 13.9. The second kappa shape index (κ2) is 9.88. The average Bonchev–Trinajstić information content (AvgIpc) is 2.97. The molecular formula is C16H27N5O3. The van der Waals surface area contributed by atoms with E-state index in [4.69, 9.17) is 11.0 Å². The Morgan fingerprint density at radius 1 is 1.38 bits per heavy atom. The van der Waals surface area contributed by atoms with Crippen LogP contribution >= 0.6 is 0 Å². The van der Waals surface area contributed by atoms with Gasteiger partial charge in [-0.25, -0.2) is 0 Å². The molecule has 1 rings (SSSR count). The van der Waals surface area contributed by atoms with Gasteiger partial charge in [0.15, 0.2) is 0 Å². The van der Waals surface area contributed by atoms with E-state index in [9.17, 15) is 14.4 Å². The van der Waals surface area contributed by atoms with Crippen molar-refractivity contribution in [3.05, 3.63) is 0 Å². The van der Waals surface area contributed by atoms with Crippen LogP contribution in [0.3, 0.4) is 0 Å². The van der Waals surface area contributed by atoms with Gasteiger partial charge in [-0.3, -0.25) is 19.3 Å². The molecule has 0 radical (unpaired) electrons. The van der Waals surface area contributed by atoms with Gasteiger partial charge in [-0.05, 0) is 31.7 Å². The number of likely N-dealkylation sites (tertiary alicyclic amines) is 1. The molecule has 0 aromatic heterocycles. The Labute approximate surface area is 142 Å². The molecule has 134 valence electrons. The maximum atomic E-state index is 12.5. The number of hydrogen-bond acceptors (Lipinski definition) is 5. The van der Waals surface area contributed by atoms with E-state index in [2.05, 4.69) is 16.7 Å². The zero-order valence-corrected chi connectivity index (χ0v) is 14.4. The molecule has 24 heavy (non-hydrogen) atoms. The molecule has 0 aromatic carbocycles. The van der Waals surface area contributed by atoms with Crippen molar-refractivity contribution in [2.75, 3.05) is 19.6 Å². The number of nitriles is 1. The molecule has 1 heterocycles. The molecule has 0 saturated carbocycles. The molecule has 8 nitrogen and oxygen atoms in total. The van der Waals surface area contributed by atoms with Crippen LogP contribution in [0, 0.1) is 17.2 Å². The number of primary amides is 1. The normalized spacial score (nSPS) is 18.8. The van der Waals surface area contributed by atoms with Gasteiger partial charge in [-0.1, -0.05) is 13.8 Å². The third kappa shape index (κ3) is 6.54. The second-order valence-electron chi connectivity index (χ2n) is 6.48. The van der Waals surface area contributed by atoms with E-state index >= 15 is 0 Å². The van der Waals surface area contributed by atoms with E-state index in [1.165, 1.54) is 0 Å². The molecule has 0 unspecified atom stereocenters. The zero-order valence-electron chi connectivity index (χ0n) is 14.4. The molecule has 1 aliphatic heterocycles. The molecule has 1 saturated heterocycles. The number of carbonyl (C=O) groups excluding carboxylic acids is 3. The predicted octanol–water partition coefficient (Wildman–Crippen LogP) is -0.503. The second-order valence-corrected chi connectivity index (χ2v) is 6.48. The summed E-state index contributed by atoms with van der Waals surface area (Å²) in [6.07, 6.45) is 2.46. The van der Waals surface area contributed by atoms with Crippen LogP contribution in [-0.2, 0) is 14.4 Å². The quantitative estimate of drug-likeness (QED) is 0.522. The SMILES string of the molecule is CC(C)C[C@H](NC(=O)[C@@H]1CCCN1CCC#N)C(=O)NCC(N)=O. The Bertz CT molecular complexity index is 500. The molecule has 0 aromatic rings. The molecule has 8 heteroatoms. The predicted molar refractivity (Wildman–Crippen MR) is 88.4 cm³/mol. The van der Waals surface area contributed by atoms with Crippen molar-refractivity contribution in [2.45, 2.75) is 51.6 Å². The summed E-state index contributed by atoms with van der Waals surface area (Å²) in [5.41, 5.74) is 5.03. The maximum Gasteiger partial charge on any atom is 0.243 e. The van der Waals surface area contributed by atoms with Gasteiger partial charge in [-0.2, -0.15) is 5.26 Å². The van der Waals surface area contributed by atoms with Crippen LogP contribution in [0.25, 0.3) is 0 Å². The van der Waals surface area contributed by atoms with Crippen LogP contribution in [0.15, 0.2) is 0 Å². The van der Waals surface area contributed by atoms with E-state index in [0.717, 1.165) is 13.0 Å². The van der Waals surface area contributed by atoms with Crippen LogP contribution < -0.4 is 16.4 Å². The molecule has 4 N–H and O–H groups in total. The molecule has 2 atom stereocenters. The van der Waals surface area contributed by atoms with Crippen LogP contribution in [0.1, 0.15) is 39.5 Å². The lowest BCUT2D eigenvalue weighted by atomic mass is 10.0. The fourth-order valence-electron chi connectivity index (χ4n) is 2.85. The van der Waals surface area contributed by atoms with Crippen molar-refractivity contribution >= 4 is 17.7 Å². The van der Waals surface area contributed by atoms with E-state index in [-0.39, 0.29) is 24.4 Å². The van der Waals surface area contributed by atoms with Gasteiger partial charge in [0.2, 0.25) is 17.7 Å². The Morgan fingerprint density at radius 2 is 2.08 bits per heavy atom. The number of nitrogens with two attached hydrogens (primary N) is 1. The standard InChI is InChI=1S/C16H27N5O3/c1-11(2)9-12(15(23)19-10-14(18)22)20-16(24)13-5-3-7-21(13)8-4-6-17/h11-13H,3-5,7-10H2,1-2H3,(H2,18,22)(H,19,23)(H,20,24)/t12-,13-/m0/s1. The summed E-state index contributed by atoms with van der Waals surface area (Å²) in [5.74, 6) is -1.04. The maximum absolute atomic E-state index is 12.5. The Kier molecular flexibility index (Phi) is 8.19. The lowest BCUT2D eigenvalue weighted by molar-refractivity contribution is -0.132. The van der Waals surface area contributed by atoms with Crippen molar-refractivity contribution in [1.82, 2.24) is 15.5 Å². The number of nitrogens with one attached hydrogen (secondary N) is 2. The van der Waals surface area contributed by atoms with Crippen LogP contribution in [-0.4, -0.2) is 54.3 Å². The third-order valence-corrected chi connectivity index (χ3v) is 3.95. The van der Waals surface area contributed by atoms with Crippen LogP contribution in [0.2, 0.25) is 0 Å². The first-order valence-electron chi connectivity index (χ1n) is 8.32. The highest BCUT2D eigenvalue weighted by atomic mass is 16.2. The van der Waals surface area contributed by atoms with Crippen molar-refractivity contribution in [2.24, 2.45) is 11.7 Å². The van der Waals surface area contributed by atoms with Gasteiger partial charge < -0.3 is 16.4 Å². The fourth-order valence-corrected chi connectivity index (χ4v) is 2.85. The van der Waals surface area contributed by atoms with E-state index in [1.54, 1.807) is 0 Å². The lowest BCUT2D eigenvalue weighted by Gasteiger charge is -2.26. The first kappa shape index (κ1) is 19.9. The summed E-state index contributed by atoms with van der Waals surface area (Å²) < 4.78 is 0. The molecule has 3 amide bonds. The van der Waals surface area contributed by atoms with Crippen molar-refractivity contribution < 1.29 is 14.4 Å². The van der Waals surface area contributed by atoms with Crippen molar-refractivity contribution in [1.29, 1.82) is 5.26 Å². The van der Waals surface area contributed by atoms with Crippen molar-refractivity contribution in [3.63, 3.8) is 0 Å². The zero-order chi connectivity index (χ0) is 18.1. The topological polar surface area (TPSA) is 128 Å². The number of nitrogens with zero attached hydrogens (tertiary/aromatic N) is 2. The Balaban J connectivity index is 2.67. The first-order chi connectivity index (χ1) is 11.3. The summed E-state index contributed by atoms with van der Waals surface area (Å²) in [7, 11) is 0. The van der Waals surface area contributed by atoms with E-state index < -0.39 is 17.9 Å². The van der Waals surface area contributed by atoms with Gasteiger partial charge >= 0.3 is 0 Å². The highest BCUT2D eigenvalue weighted by molar-refractivity contribution is 5.91. The molecule has 1 aliphatic rings. The molecule has 0 aliphatic carbocycles. The molecular weight excluding hydrogens is 310 g/mol. The van der Waals surface area contributed by atoms with Crippen molar-refractivity contribution in [3.8, 4) is 6.07 Å². The minimum absolute atomic E-state index is 0.202. The summed E-state index contributed by atoms with van der Waals surface area (Å²) in [6, 6.07) is 1.08. The van der Waals surface area contributed by atoms with Crippen LogP contribution in [0.5, 0.6) is 0 Å². The van der Waals surface area contributed by atoms with E-state index in [1.807, 2.05) is 18.7 Å². The van der Waals surface area contributed by atoms with Gasteiger partial charge in [0.1, 0.15) is 6.04 Å². The smallest absolute Gasteiger partial charge is 0.243 e. The summed E-state index contributed by atoms with van der Waals surface area (Å²) >= 11 is 0. The Hall–Kier alpha value is -2.14. The Morgan fingerprint density at radius 3 is 2.67 bits per heavy atom. The third-order valence-electron chi connectivity index (χ3n) is 3.95. The summed E-state index contributed by atoms with van der Waals surface area (Å²) in [6.45, 7) is 4.99. The minimum Gasteiger partial charge on any atom is -0.368 e. The largest absolute Gasteiger partial charge is 0.368 e. The highest BCUT2D eigenvalue weighted by Crippen LogP contribution is 2.18. The van der Waals surface area contributed by atoms with Gasteiger partial charge in [0.25, 0.3) is 0 Å². The number of rotatable bonds is 9. The lowest BCUT2D eigenvalue weighted by Crippen LogP contribution is -2.53. The van der Waals surface area contributed by atoms with Gasteiger partial charge in [-0.15, -0.1) is 0 Å². The minimum atomic E-state index is -0.699. The molecule has 0 bridgehead atoms. The number of amides is 3. The van der Waals surface area contributed by atoms with Gasteiger partial charge in [0.05, 0.1) is 18.7 Å². The number of hydrogen-bond donors (Lipinski definition) is 3. The van der Waals surface area contributed by atoms with Crippen LogP contribution in [0.4, 0.5) is 0 Å². The fraction of sp³-hybridized carbons (Fsp3) is 0.750. The molecule has 1 fully saturated rings.